The average molecular weight is 682 g/mol. The molecule has 8 N–H and O–H groups in total. The molecule has 3 aliphatic heterocycles. The Morgan fingerprint density at radius 1 is 1.04 bits per heavy atom. The number of carboxylic acid groups (broad SMARTS) is 1. The minimum atomic E-state index is -1.71. The Hall–Kier alpha value is -3.12. The summed E-state index contributed by atoms with van der Waals surface area (Å²) in [4.78, 5) is 26.9. The first-order chi connectivity index (χ1) is 23.1. The summed E-state index contributed by atoms with van der Waals surface area (Å²) in [7, 11) is 0. The van der Waals surface area contributed by atoms with Crippen molar-refractivity contribution in [3.63, 3.8) is 0 Å². The molecule has 9 atom stereocenters. The maximum atomic E-state index is 13.5. The maximum Gasteiger partial charge on any atom is 0.337 e. The lowest BCUT2D eigenvalue weighted by Gasteiger charge is -2.43. The van der Waals surface area contributed by atoms with Crippen LogP contribution in [0.4, 0.5) is 0 Å². The molecule has 268 valence electrons. The zero-order chi connectivity index (χ0) is 34.8. The zero-order valence-corrected chi connectivity index (χ0v) is 26.6. The lowest BCUT2D eigenvalue weighted by Crippen LogP contribution is -2.60. The standard InChI is InChI=1S/C33H47NO14/c35-10-9-34-14-20(12-21(15-34)30(42)43)6-7-23-24(13-19-4-2-1-3-5-19)32(46-18-25(23)31(44)45-11-8-22(38)16-36)48-33-29(41)28(40)27(39)26(17-37)47-33/h6-7,12-13,15,18,22-24,26-29,32-33,35-41H,1-5,8-11,14,16-17H2,(H,42,43). The van der Waals surface area contributed by atoms with Crippen molar-refractivity contribution in [3.05, 3.63) is 59.1 Å². The Morgan fingerprint density at radius 2 is 1.79 bits per heavy atom. The van der Waals surface area contributed by atoms with E-state index in [4.69, 9.17) is 24.1 Å². The van der Waals surface area contributed by atoms with E-state index in [0.29, 0.717) is 5.57 Å². The molecule has 0 amide bonds. The molecular formula is C33H47NO14. The van der Waals surface area contributed by atoms with Crippen LogP contribution in [0.15, 0.2) is 59.1 Å². The molecule has 3 heterocycles. The highest BCUT2D eigenvalue weighted by Crippen LogP contribution is 2.39. The molecule has 9 unspecified atom stereocenters. The third kappa shape index (κ3) is 9.74. The van der Waals surface area contributed by atoms with Crippen molar-refractivity contribution in [2.75, 3.05) is 39.5 Å². The number of aliphatic carboxylic acids is 1. The van der Waals surface area contributed by atoms with Crippen LogP contribution in [0.5, 0.6) is 0 Å². The van der Waals surface area contributed by atoms with Crippen molar-refractivity contribution in [1.29, 1.82) is 0 Å². The normalized spacial score (nSPS) is 31.8. The van der Waals surface area contributed by atoms with Crippen LogP contribution in [0.1, 0.15) is 38.5 Å². The van der Waals surface area contributed by atoms with Gasteiger partial charge in [-0.05, 0) is 37.3 Å². The van der Waals surface area contributed by atoms with Gasteiger partial charge in [-0.1, -0.05) is 30.2 Å². The Balaban J connectivity index is 1.71. The van der Waals surface area contributed by atoms with E-state index in [1.165, 1.54) is 12.3 Å². The third-order valence-electron chi connectivity index (χ3n) is 8.79. The molecule has 48 heavy (non-hydrogen) atoms. The quantitative estimate of drug-likeness (QED) is 0.0829. The first kappa shape index (κ1) is 37.7. The van der Waals surface area contributed by atoms with Gasteiger partial charge in [0.15, 0.2) is 6.29 Å². The summed E-state index contributed by atoms with van der Waals surface area (Å²) in [5.41, 5.74) is 1.74. The molecule has 0 aromatic rings. The van der Waals surface area contributed by atoms with E-state index in [1.807, 2.05) is 6.08 Å². The molecule has 0 spiro atoms. The van der Waals surface area contributed by atoms with Gasteiger partial charge in [-0.2, -0.15) is 0 Å². The lowest BCUT2D eigenvalue weighted by molar-refractivity contribution is -0.338. The van der Waals surface area contributed by atoms with Crippen LogP contribution < -0.4 is 0 Å². The number of hydrogen-bond acceptors (Lipinski definition) is 14. The summed E-state index contributed by atoms with van der Waals surface area (Å²) in [6.45, 7) is -1.09. The molecule has 1 saturated carbocycles. The number of esters is 1. The van der Waals surface area contributed by atoms with E-state index in [1.54, 1.807) is 17.1 Å². The predicted octanol–water partition coefficient (Wildman–Crippen LogP) is -0.788. The van der Waals surface area contributed by atoms with Gasteiger partial charge >= 0.3 is 11.9 Å². The molecule has 4 aliphatic rings. The zero-order valence-electron chi connectivity index (χ0n) is 26.6. The maximum absolute atomic E-state index is 13.5. The smallest absolute Gasteiger partial charge is 0.337 e. The highest BCUT2D eigenvalue weighted by Gasteiger charge is 2.47. The highest BCUT2D eigenvalue weighted by molar-refractivity contribution is 5.90. The van der Waals surface area contributed by atoms with Crippen LogP contribution in [0, 0.1) is 11.8 Å². The molecule has 15 nitrogen and oxygen atoms in total. The predicted molar refractivity (Wildman–Crippen MR) is 166 cm³/mol. The molecule has 4 rings (SSSR count). The molecule has 0 aromatic carbocycles. The van der Waals surface area contributed by atoms with Crippen molar-refractivity contribution >= 4 is 11.9 Å². The largest absolute Gasteiger partial charge is 0.478 e. The summed E-state index contributed by atoms with van der Waals surface area (Å²) in [6, 6.07) is 0. The van der Waals surface area contributed by atoms with Gasteiger partial charge in [0.2, 0.25) is 6.29 Å². The minimum Gasteiger partial charge on any atom is -0.478 e. The van der Waals surface area contributed by atoms with Gasteiger partial charge in [-0.25, -0.2) is 9.59 Å². The summed E-state index contributed by atoms with van der Waals surface area (Å²) >= 11 is 0. The van der Waals surface area contributed by atoms with Gasteiger partial charge in [0.25, 0.3) is 0 Å². The number of β-amino-alcohol motifs (C(OH)–C–C–N with tert-alkyl or cyclic N) is 1. The second-order valence-electron chi connectivity index (χ2n) is 12.3. The van der Waals surface area contributed by atoms with Gasteiger partial charge in [-0.3, -0.25) is 0 Å². The fourth-order valence-corrected chi connectivity index (χ4v) is 6.10. The second kappa shape index (κ2) is 18.0. The van der Waals surface area contributed by atoms with Gasteiger partial charge in [-0.15, -0.1) is 0 Å². The topological polar surface area (TPSA) is 236 Å². The van der Waals surface area contributed by atoms with Crippen LogP contribution in [-0.4, -0.2) is 140 Å². The van der Waals surface area contributed by atoms with E-state index in [-0.39, 0.29) is 43.9 Å². The van der Waals surface area contributed by atoms with Crippen LogP contribution >= 0.6 is 0 Å². The summed E-state index contributed by atoms with van der Waals surface area (Å²) in [5.74, 6) is -3.47. The van der Waals surface area contributed by atoms with E-state index < -0.39 is 80.1 Å². The van der Waals surface area contributed by atoms with Crippen molar-refractivity contribution in [2.24, 2.45) is 11.8 Å². The first-order valence-corrected chi connectivity index (χ1v) is 16.2. The number of aliphatic hydroxyl groups excluding tert-OH is 7. The van der Waals surface area contributed by atoms with Crippen molar-refractivity contribution in [2.45, 2.75) is 81.6 Å². The number of carbonyl (C=O) groups is 2. The van der Waals surface area contributed by atoms with Crippen LogP contribution in [0.25, 0.3) is 0 Å². The van der Waals surface area contributed by atoms with Crippen molar-refractivity contribution < 1.29 is 69.4 Å². The number of aliphatic hydroxyl groups is 7. The summed E-state index contributed by atoms with van der Waals surface area (Å²) in [5, 5.41) is 79.0. The number of carboxylic acids is 1. The SMILES string of the molecule is O=C(O)C1=CN(CCO)CC(C=CC2C(C(=O)OCCC(O)CO)=COC(OC3OC(CO)C(O)C(O)C3O)C2C=C2CCCCC2)=C1. The lowest BCUT2D eigenvalue weighted by atomic mass is 9.80. The van der Waals surface area contributed by atoms with Crippen molar-refractivity contribution in [3.8, 4) is 0 Å². The Bertz CT molecular complexity index is 1250. The third-order valence-corrected chi connectivity index (χ3v) is 8.79. The molecular weight excluding hydrogens is 634 g/mol. The first-order valence-electron chi connectivity index (χ1n) is 16.2. The molecule has 1 saturated heterocycles. The Morgan fingerprint density at radius 3 is 2.46 bits per heavy atom. The fraction of sp³-hybridized carbons (Fsp3) is 0.636. The molecule has 0 radical (unpaired) electrons. The number of nitrogens with zero attached hydrogens (tertiary/aromatic N) is 1. The van der Waals surface area contributed by atoms with Gasteiger partial charge in [0, 0.05) is 31.6 Å². The Kier molecular flexibility index (Phi) is 14.2. The minimum absolute atomic E-state index is 0.00337. The summed E-state index contributed by atoms with van der Waals surface area (Å²) in [6.07, 6.45) is 3.87. The number of carbonyl (C=O) groups excluding carboxylic acids is 1. The van der Waals surface area contributed by atoms with Gasteiger partial charge < -0.3 is 64.7 Å². The molecule has 0 bridgehead atoms. The van der Waals surface area contributed by atoms with E-state index in [9.17, 15) is 45.3 Å². The summed E-state index contributed by atoms with van der Waals surface area (Å²) < 4.78 is 23.0. The monoisotopic (exact) mass is 681 g/mol. The number of hydrogen-bond donors (Lipinski definition) is 8. The van der Waals surface area contributed by atoms with Gasteiger partial charge in [0.1, 0.15) is 24.4 Å². The molecule has 0 aromatic heterocycles. The average Bonchev–Trinajstić information content (AvgIpc) is 3.08. The van der Waals surface area contributed by atoms with Crippen LogP contribution in [0.2, 0.25) is 0 Å². The van der Waals surface area contributed by atoms with E-state index in [0.717, 1.165) is 43.9 Å². The molecule has 2 fully saturated rings. The Labute approximate surface area is 278 Å². The highest BCUT2D eigenvalue weighted by atomic mass is 16.8. The second-order valence-corrected chi connectivity index (χ2v) is 12.3. The fourth-order valence-electron chi connectivity index (χ4n) is 6.10. The van der Waals surface area contributed by atoms with Crippen LogP contribution in [-0.2, 0) is 28.5 Å². The van der Waals surface area contributed by atoms with Crippen molar-refractivity contribution in [1.82, 2.24) is 4.90 Å². The number of ether oxygens (including phenoxy) is 4. The van der Waals surface area contributed by atoms with E-state index in [2.05, 4.69) is 0 Å². The van der Waals surface area contributed by atoms with Gasteiger partial charge in [0.05, 0.1) is 55.9 Å². The number of rotatable bonds is 14. The van der Waals surface area contributed by atoms with Crippen LogP contribution in [0.3, 0.4) is 0 Å². The number of allylic oxidation sites excluding steroid dienone is 2. The molecule has 1 aliphatic carbocycles. The van der Waals surface area contributed by atoms with E-state index >= 15 is 0 Å². The molecule has 15 heteroatoms.